The van der Waals surface area contributed by atoms with Crippen LogP contribution in [0.5, 0.6) is 0 Å². The van der Waals surface area contributed by atoms with Crippen LogP contribution in [0.25, 0.3) is 0 Å². The standard InChI is InChI=1S/C15H20N2O4/c18-13-5-4-12(14(19)20)16-17(13)11-6-9-21-15(10-11)7-2-1-3-8-15/h4-5,11H,1-3,6-10H2,(H,19,20). The summed E-state index contributed by atoms with van der Waals surface area (Å²) in [6, 6.07) is 2.49. The highest BCUT2D eigenvalue weighted by atomic mass is 16.5. The Balaban J connectivity index is 1.87. The summed E-state index contributed by atoms with van der Waals surface area (Å²) in [6.45, 7) is 0.607. The fourth-order valence-corrected chi connectivity index (χ4v) is 3.56. The molecule has 114 valence electrons. The number of carbonyl (C=O) groups is 1. The van der Waals surface area contributed by atoms with E-state index in [-0.39, 0.29) is 22.9 Å². The van der Waals surface area contributed by atoms with Crippen molar-refractivity contribution in [3.8, 4) is 0 Å². The molecule has 1 atom stereocenters. The lowest BCUT2D eigenvalue weighted by atomic mass is 9.78. The Kier molecular flexibility index (Phi) is 3.80. The molecule has 0 radical (unpaired) electrons. The molecule has 6 heteroatoms. The second-order valence-electron chi connectivity index (χ2n) is 6.05. The van der Waals surface area contributed by atoms with Crippen LogP contribution in [-0.4, -0.2) is 33.1 Å². The van der Waals surface area contributed by atoms with Gasteiger partial charge in [-0.2, -0.15) is 5.10 Å². The summed E-state index contributed by atoms with van der Waals surface area (Å²) in [7, 11) is 0. The smallest absolute Gasteiger partial charge is 0.356 e. The number of aromatic nitrogens is 2. The van der Waals surface area contributed by atoms with Gasteiger partial charge in [0.2, 0.25) is 0 Å². The minimum Gasteiger partial charge on any atom is -0.476 e. The van der Waals surface area contributed by atoms with Gasteiger partial charge >= 0.3 is 5.97 Å². The third-order valence-corrected chi connectivity index (χ3v) is 4.62. The number of hydrogen-bond donors (Lipinski definition) is 1. The van der Waals surface area contributed by atoms with Crippen molar-refractivity contribution in [3.05, 3.63) is 28.2 Å². The first kappa shape index (κ1) is 14.3. The van der Waals surface area contributed by atoms with E-state index in [2.05, 4.69) is 5.10 Å². The molecule has 1 aromatic heterocycles. The Morgan fingerprint density at radius 2 is 2.10 bits per heavy atom. The number of carboxylic acids is 1. The number of carboxylic acid groups (broad SMARTS) is 1. The summed E-state index contributed by atoms with van der Waals surface area (Å²) >= 11 is 0. The lowest BCUT2D eigenvalue weighted by Crippen LogP contribution is -2.44. The summed E-state index contributed by atoms with van der Waals surface area (Å²) in [4.78, 5) is 23.1. The Labute approximate surface area is 122 Å². The maximum absolute atomic E-state index is 12.0. The van der Waals surface area contributed by atoms with Crippen molar-refractivity contribution in [2.24, 2.45) is 0 Å². The van der Waals surface area contributed by atoms with Crippen LogP contribution < -0.4 is 5.56 Å². The lowest BCUT2D eigenvalue weighted by molar-refractivity contribution is -0.116. The molecule has 0 bridgehead atoms. The zero-order chi connectivity index (χ0) is 14.9. The van der Waals surface area contributed by atoms with E-state index in [0.717, 1.165) is 32.1 Å². The summed E-state index contributed by atoms with van der Waals surface area (Å²) in [5.74, 6) is -1.11. The predicted octanol–water partition coefficient (Wildman–Crippen LogP) is 2.00. The van der Waals surface area contributed by atoms with E-state index in [9.17, 15) is 9.59 Å². The average Bonchev–Trinajstić information content (AvgIpc) is 2.48. The molecule has 0 aromatic carbocycles. The first-order chi connectivity index (χ1) is 10.1. The summed E-state index contributed by atoms with van der Waals surface area (Å²) < 4.78 is 7.37. The maximum Gasteiger partial charge on any atom is 0.356 e. The molecule has 1 aliphatic carbocycles. The van der Waals surface area contributed by atoms with Crippen LogP contribution in [-0.2, 0) is 4.74 Å². The molecule has 3 rings (SSSR count). The molecule has 2 heterocycles. The van der Waals surface area contributed by atoms with Crippen molar-refractivity contribution in [2.45, 2.75) is 56.6 Å². The number of nitrogens with zero attached hydrogens (tertiary/aromatic N) is 2. The molecule has 2 aliphatic rings. The molecule has 1 saturated heterocycles. The topological polar surface area (TPSA) is 81.4 Å². The molecule has 0 amide bonds. The maximum atomic E-state index is 12.0. The van der Waals surface area contributed by atoms with Crippen molar-refractivity contribution in [1.29, 1.82) is 0 Å². The van der Waals surface area contributed by atoms with E-state index < -0.39 is 5.97 Å². The van der Waals surface area contributed by atoms with Crippen molar-refractivity contribution in [1.82, 2.24) is 9.78 Å². The molecule has 1 aliphatic heterocycles. The average molecular weight is 292 g/mol. The second-order valence-corrected chi connectivity index (χ2v) is 6.05. The third kappa shape index (κ3) is 2.85. The van der Waals surface area contributed by atoms with Crippen LogP contribution in [0.3, 0.4) is 0 Å². The largest absolute Gasteiger partial charge is 0.476 e. The van der Waals surface area contributed by atoms with Gasteiger partial charge in [-0.15, -0.1) is 0 Å². The van der Waals surface area contributed by atoms with E-state index in [1.807, 2.05) is 0 Å². The molecule has 1 aromatic rings. The molecule has 6 nitrogen and oxygen atoms in total. The predicted molar refractivity (Wildman–Crippen MR) is 75.5 cm³/mol. The lowest BCUT2D eigenvalue weighted by Gasteiger charge is -2.43. The minimum absolute atomic E-state index is 0.0661. The van der Waals surface area contributed by atoms with Crippen molar-refractivity contribution >= 4 is 5.97 Å². The first-order valence-corrected chi connectivity index (χ1v) is 7.57. The molecule has 1 saturated carbocycles. The number of rotatable bonds is 2. The summed E-state index contributed by atoms with van der Waals surface area (Å²) in [5.41, 5.74) is -0.460. The molecular formula is C15H20N2O4. The Morgan fingerprint density at radius 1 is 1.33 bits per heavy atom. The zero-order valence-electron chi connectivity index (χ0n) is 12.0. The molecule has 21 heavy (non-hydrogen) atoms. The van der Waals surface area contributed by atoms with Gasteiger partial charge in [0.25, 0.3) is 5.56 Å². The zero-order valence-corrected chi connectivity index (χ0v) is 12.0. The van der Waals surface area contributed by atoms with Gasteiger partial charge in [-0.1, -0.05) is 19.3 Å². The van der Waals surface area contributed by atoms with Crippen LogP contribution in [0.15, 0.2) is 16.9 Å². The Bertz CT molecular complexity index is 584. The molecule has 1 unspecified atom stereocenters. The van der Waals surface area contributed by atoms with Crippen LogP contribution in [0.2, 0.25) is 0 Å². The Hall–Kier alpha value is -1.69. The normalized spacial score (nSPS) is 24.9. The van der Waals surface area contributed by atoms with Crippen LogP contribution >= 0.6 is 0 Å². The van der Waals surface area contributed by atoms with Gasteiger partial charge in [0.05, 0.1) is 11.6 Å². The van der Waals surface area contributed by atoms with Crippen LogP contribution in [0, 0.1) is 0 Å². The fraction of sp³-hybridized carbons (Fsp3) is 0.667. The minimum atomic E-state index is -1.11. The van der Waals surface area contributed by atoms with E-state index in [4.69, 9.17) is 9.84 Å². The van der Waals surface area contributed by atoms with Crippen molar-refractivity contribution in [2.75, 3.05) is 6.61 Å². The van der Waals surface area contributed by atoms with Crippen LogP contribution in [0.1, 0.15) is 61.5 Å². The van der Waals surface area contributed by atoms with E-state index in [1.165, 1.54) is 23.2 Å². The second kappa shape index (κ2) is 5.60. The van der Waals surface area contributed by atoms with E-state index in [1.54, 1.807) is 0 Å². The van der Waals surface area contributed by atoms with E-state index in [0.29, 0.717) is 13.0 Å². The van der Waals surface area contributed by atoms with Gasteiger partial charge in [0.1, 0.15) is 0 Å². The highest BCUT2D eigenvalue weighted by Gasteiger charge is 2.39. The highest BCUT2D eigenvalue weighted by Crippen LogP contribution is 2.41. The van der Waals surface area contributed by atoms with Crippen molar-refractivity contribution < 1.29 is 14.6 Å². The number of aromatic carboxylic acids is 1. The van der Waals surface area contributed by atoms with Crippen LogP contribution in [0.4, 0.5) is 0 Å². The van der Waals surface area contributed by atoms with Gasteiger partial charge in [0.15, 0.2) is 5.69 Å². The fourth-order valence-electron chi connectivity index (χ4n) is 3.56. The third-order valence-electron chi connectivity index (χ3n) is 4.62. The van der Waals surface area contributed by atoms with E-state index >= 15 is 0 Å². The van der Waals surface area contributed by atoms with Gasteiger partial charge in [0, 0.05) is 12.7 Å². The molecule has 1 spiro atoms. The number of hydrogen-bond acceptors (Lipinski definition) is 4. The monoisotopic (exact) mass is 292 g/mol. The number of ether oxygens (including phenoxy) is 1. The molecule has 2 fully saturated rings. The van der Waals surface area contributed by atoms with Gasteiger partial charge in [-0.25, -0.2) is 9.48 Å². The van der Waals surface area contributed by atoms with Gasteiger partial charge in [-0.3, -0.25) is 4.79 Å². The van der Waals surface area contributed by atoms with Crippen molar-refractivity contribution in [3.63, 3.8) is 0 Å². The summed E-state index contributed by atoms with van der Waals surface area (Å²) in [5, 5.41) is 13.1. The SMILES string of the molecule is O=C(O)c1ccc(=O)n(C2CCOC3(CCCCC3)C2)n1. The highest BCUT2D eigenvalue weighted by molar-refractivity contribution is 5.84. The van der Waals surface area contributed by atoms with Gasteiger partial charge < -0.3 is 9.84 Å². The molecule has 1 N–H and O–H groups in total. The Morgan fingerprint density at radius 3 is 2.81 bits per heavy atom. The summed E-state index contributed by atoms with van der Waals surface area (Å²) in [6.07, 6.45) is 7.06. The molecular weight excluding hydrogens is 272 g/mol. The quantitative estimate of drug-likeness (QED) is 0.901. The first-order valence-electron chi connectivity index (χ1n) is 7.57. The van der Waals surface area contributed by atoms with Gasteiger partial charge in [-0.05, 0) is 31.7 Å².